The Bertz CT molecular complexity index is 814. The van der Waals surface area contributed by atoms with Crippen LogP contribution in [0.3, 0.4) is 0 Å². The van der Waals surface area contributed by atoms with E-state index < -0.39 is 5.97 Å². The standard InChI is InChI=1S/C19H14O3/c20-12-14-8-10-16(11-9-14)19(21)22-13-17-6-3-5-15-4-1-2-7-18(15)17/h1-12H,13H2. The number of carbonyl (C=O) groups is 2. The van der Waals surface area contributed by atoms with E-state index in [1.807, 2.05) is 42.5 Å². The van der Waals surface area contributed by atoms with Gasteiger partial charge in [0.15, 0.2) is 0 Å². The van der Waals surface area contributed by atoms with Crippen molar-refractivity contribution in [1.82, 2.24) is 0 Å². The molecule has 0 saturated carbocycles. The third-order valence-corrected chi connectivity index (χ3v) is 3.52. The molecule has 3 heteroatoms. The van der Waals surface area contributed by atoms with E-state index in [0.717, 1.165) is 22.6 Å². The molecule has 0 bridgehead atoms. The first-order chi connectivity index (χ1) is 10.8. The molecule has 0 amide bonds. The summed E-state index contributed by atoms with van der Waals surface area (Å²) >= 11 is 0. The van der Waals surface area contributed by atoms with Gasteiger partial charge in [-0.2, -0.15) is 0 Å². The maximum Gasteiger partial charge on any atom is 0.338 e. The Morgan fingerprint density at radius 3 is 2.41 bits per heavy atom. The molecular weight excluding hydrogens is 276 g/mol. The molecule has 0 heterocycles. The summed E-state index contributed by atoms with van der Waals surface area (Å²) in [5.74, 6) is -0.398. The number of rotatable bonds is 4. The van der Waals surface area contributed by atoms with Crippen molar-refractivity contribution >= 4 is 23.0 Å². The van der Waals surface area contributed by atoms with Gasteiger partial charge in [0.2, 0.25) is 0 Å². The minimum atomic E-state index is -0.398. The van der Waals surface area contributed by atoms with Crippen LogP contribution in [0.25, 0.3) is 10.8 Å². The third kappa shape index (κ3) is 2.88. The summed E-state index contributed by atoms with van der Waals surface area (Å²) in [6.07, 6.45) is 0.741. The van der Waals surface area contributed by atoms with Crippen LogP contribution in [0, 0.1) is 0 Å². The molecule has 0 fully saturated rings. The van der Waals surface area contributed by atoms with E-state index in [1.165, 1.54) is 0 Å². The molecule has 0 atom stereocenters. The molecule has 3 aromatic rings. The molecule has 0 aromatic heterocycles. The van der Waals surface area contributed by atoms with Gasteiger partial charge in [0.1, 0.15) is 12.9 Å². The van der Waals surface area contributed by atoms with Crippen LogP contribution in [0.15, 0.2) is 66.7 Å². The van der Waals surface area contributed by atoms with Gasteiger partial charge in [-0.15, -0.1) is 0 Å². The number of benzene rings is 3. The molecule has 3 nitrogen and oxygen atoms in total. The van der Waals surface area contributed by atoms with Crippen molar-refractivity contribution in [3.05, 3.63) is 83.4 Å². The summed E-state index contributed by atoms with van der Waals surface area (Å²) < 4.78 is 5.37. The Labute approximate surface area is 128 Å². The molecule has 0 spiro atoms. The minimum Gasteiger partial charge on any atom is -0.457 e. The third-order valence-electron chi connectivity index (χ3n) is 3.52. The molecule has 22 heavy (non-hydrogen) atoms. The predicted molar refractivity (Wildman–Crippen MR) is 84.9 cm³/mol. The maximum atomic E-state index is 12.0. The van der Waals surface area contributed by atoms with E-state index in [-0.39, 0.29) is 6.61 Å². The van der Waals surface area contributed by atoms with Gasteiger partial charge in [-0.1, -0.05) is 54.6 Å². The molecular formula is C19H14O3. The second-order valence-electron chi connectivity index (χ2n) is 4.95. The molecule has 0 N–H and O–H groups in total. The number of carbonyl (C=O) groups excluding carboxylic acids is 2. The fourth-order valence-electron chi connectivity index (χ4n) is 2.34. The lowest BCUT2D eigenvalue weighted by molar-refractivity contribution is 0.0474. The van der Waals surface area contributed by atoms with Gasteiger partial charge in [-0.05, 0) is 28.5 Å². The number of ether oxygens (including phenoxy) is 1. The average Bonchev–Trinajstić information content (AvgIpc) is 2.59. The quantitative estimate of drug-likeness (QED) is 0.538. The van der Waals surface area contributed by atoms with E-state index in [1.54, 1.807) is 24.3 Å². The highest BCUT2D eigenvalue weighted by molar-refractivity contribution is 5.91. The highest BCUT2D eigenvalue weighted by Crippen LogP contribution is 2.19. The van der Waals surface area contributed by atoms with Crippen LogP contribution in [-0.4, -0.2) is 12.3 Å². The summed E-state index contributed by atoms with van der Waals surface area (Å²) in [5, 5.41) is 2.19. The molecule has 3 rings (SSSR count). The van der Waals surface area contributed by atoms with Crippen molar-refractivity contribution in [3.63, 3.8) is 0 Å². The SMILES string of the molecule is O=Cc1ccc(C(=O)OCc2cccc3ccccc23)cc1. The van der Waals surface area contributed by atoms with E-state index in [4.69, 9.17) is 4.74 Å². The molecule has 3 aromatic carbocycles. The second kappa shape index (κ2) is 6.22. The van der Waals surface area contributed by atoms with Crippen molar-refractivity contribution in [2.24, 2.45) is 0 Å². The predicted octanol–water partition coefficient (Wildman–Crippen LogP) is 4.01. The van der Waals surface area contributed by atoms with Gasteiger partial charge in [-0.3, -0.25) is 4.79 Å². The van der Waals surface area contributed by atoms with Gasteiger partial charge in [0.05, 0.1) is 5.56 Å². The number of esters is 1. The lowest BCUT2D eigenvalue weighted by Crippen LogP contribution is -2.05. The lowest BCUT2D eigenvalue weighted by atomic mass is 10.1. The number of fused-ring (bicyclic) bond motifs is 1. The van der Waals surface area contributed by atoms with Gasteiger partial charge in [0, 0.05) is 5.56 Å². The van der Waals surface area contributed by atoms with Crippen molar-refractivity contribution in [2.45, 2.75) is 6.61 Å². The average molecular weight is 290 g/mol. The topological polar surface area (TPSA) is 43.4 Å². The summed E-state index contributed by atoms with van der Waals surface area (Å²) in [7, 11) is 0. The fourth-order valence-corrected chi connectivity index (χ4v) is 2.34. The Balaban J connectivity index is 1.75. The summed E-state index contributed by atoms with van der Waals surface area (Å²) in [4.78, 5) is 22.6. The van der Waals surface area contributed by atoms with Crippen LogP contribution in [-0.2, 0) is 11.3 Å². The fraction of sp³-hybridized carbons (Fsp3) is 0.0526. The summed E-state index contributed by atoms with van der Waals surface area (Å²) in [6.45, 7) is 0.218. The number of hydrogen-bond donors (Lipinski definition) is 0. The summed E-state index contributed by atoms with van der Waals surface area (Å²) in [6, 6.07) is 20.3. The first-order valence-corrected chi connectivity index (χ1v) is 6.97. The van der Waals surface area contributed by atoms with E-state index in [2.05, 4.69) is 0 Å². The highest BCUT2D eigenvalue weighted by atomic mass is 16.5. The monoisotopic (exact) mass is 290 g/mol. The van der Waals surface area contributed by atoms with Gasteiger partial charge in [0.25, 0.3) is 0 Å². The molecule has 0 aliphatic heterocycles. The van der Waals surface area contributed by atoms with E-state index in [0.29, 0.717) is 11.1 Å². The van der Waals surface area contributed by atoms with Crippen LogP contribution < -0.4 is 0 Å². The van der Waals surface area contributed by atoms with Crippen molar-refractivity contribution in [2.75, 3.05) is 0 Å². The Hall–Kier alpha value is -2.94. The largest absolute Gasteiger partial charge is 0.457 e. The highest BCUT2D eigenvalue weighted by Gasteiger charge is 2.08. The zero-order chi connectivity index (χ0) is 15.4. The van der Waals surface area contributed by atoms with Gasteiger partial charge < -0.3 is 4.74 Å². The number of aldehydes is 1. The molecule has 0 aliphatic rings. The van der Waals surface area contributed by atoms with Crippen molar-refractivity contribution < 1.29 is 14.3 Å². The molecule has 0 aliphatic carbocycles. The Kier molecular flexibility index (Phi) is 3.97. The zero-order valence-electron chi connectivity index (χ0n) is 11.9. The normalized spacial score (nSPS) is 10.4. The molecule has 0 saturated heterocycles. The van der Waals surface area contributed by atoms with Gasteiger partial charge >= 0.3 is 5.97 Å². The van der Waals surface area contributed by atoms with Crippen LogP contribution in [0.4, 0.5) is 0 Å². The van der Waals surface area contributed by atoms with E-state index in [9.17, 15) is 9.59 Å². The molecule has 108 valence electrons. The van der Waals surface area contributed by atoms with Crippen molar-refractivity contribution in [3.8, 4) is 0 Å². The van der Waals surface area contributed by atoms with Gasteiger partial charge in [-0.25, -0.2) is 4.79 Å². The lowest BCUT2D eigenvalue weighted by Gasteiger charge is -2.08. The summed E-state index contributed by atoms with van der Waals surface area (Å²) in [5.41, 5.74) is 1.94. The first-order valence-electron chi connectivity index (χ1n) is 6.97. The van der Waals surface area contributed by atoms with Crippen molar-refractivity contribution in [1.29, 1.82) is 0 Å². The van der Waals surface area contributed by atoms with Crippen LogP contribution in [0.2, 0.25) is 0 Å². The minimum absolute atomic E-state index is 0.218. The Morgan fingerprint density at radius 2 is 1.64 bits per heavy atom. The zero-order valence-corrected chi connectivity index (χ0v) is 11.9. The van der Waals surface area contributed by atoms with Crippen LogP contribution in [0.1, 0.15) is 26.3 Å². The Morgan fingerprint density at radius 1 is 0.909 bits per heavy atom. The van der Waals surface area contributed by atoms with Crippen LogP contribution >= 0.6 is 0 Å². The molecule has 0 unspecified atom stereocenters. The second-order valence-corrected chi connectivity index (χ2v) is 4.95. The first kappa shape index (κ1) is 14.0. The smallest absolute Gasteiger partial charge is 0.338 e. The number of hydrogen-bond acceptors (Lipinski definition) is 3. The van der Waals surface area contributed by atoms with Crippen LogP contribution in [0.5, 0.6) is 0 Å². The maximum absolute atomic E-state index is 12.0. The van der Waals surface area contributed by atoms with E-state index >= 15 is 0 Å². The molecule has 0 radical (unpaired) electrons.